The second kappa shape index (κ2) is 7.82. The highest BCUT2D eigenvalue weighted by Gasteiger charge is 2.24. The summed E-state index contributed by atoms with van der Waals surface area (Å²) in [6.07, 6.45) is 8.09. The molecule has 0 aliphatic carbocycles. The summed E-state index contributed by atoms with van der Waals surface area (Å²) in [5.74, 6) is -0.210. The summed E-state index contributed by atoms with van der Waals surface area (Å²) in [7, 11) is 0. The quantitative estimate of drug-likeness (QED) is 0.497. The lowest BCUT2D eigenvalue weighted by Crippen LogP contribution is -2.24. The second-order valence-electron chi connectivity index (χ2n) is 6.71. The highest BCUT2D eigenvalue weighted by Crippen LogP contribution is 2.34. The predicted molar refractivity (Wildman–Crippen MR) is 111 cm³/mol. The first kappa shape index (κ1) is 18.2. The van der Waals surface area contributed by atoms with Crippen LogP contribution in [0.15, 0.2) is 48.4 Å². The van der Waals surface area contributed by atoms with Crippen molar-refractivity contribution in [3.8, 4) is 0 Å². The third-order valence-electron chi connectivity index (χ3n) is 4.56. The van der Waals surface area contributed by atoms with Crippen LogP contribution in [0.1, 0.15) is 32.8 Å². The number of aromatic nitrogens is 2. The molecular weight excluding hydrogens is 372 g/mol. The molecule has 1 aliphatic rings. The first-order valence-corrected chi connectivity index (χ1v) is 9.95. The van der Waals surface area contributed by atoms with Crippen molar-refractivity contribution < 1.29 is 9.59 Å². The van der Waals surface area contributed by atoms with Gasteiger partial charge in [-0.25, -0.2) is 4.98 Å². The SMILES string of the molecule is Cc1ccc2c(c1)/C(=C/c1cc(C(=O)NCCCn3ccnc3)cs1)C(=O)N2. The van der Waals surface area contributed by atoms with Gasteiger partial charge in [0.05, 0.1) is 17.5 Å². The van der Waals surface area contributed by atoms with Crippen LogP contribution in [0.5, 0.6) is 0 Å². The maximum Gasteiger partial charge on any atom is 0.256 e. The molecule has 2 N–H and O–H groups in total. The van der Waals surface area contributed by atoms with Gasteiger partial charge >= 0.3 is 0 Å². The van der Waals surface area contributed by atoms with E-state index in [1.165, 1.54) is 11.3 Å². The van der Waals surface area contributed by atoms with Gasteiger partial charge in [0, 0.05) is 47.0 Å². The lowest BCUT2D eigenvalue weighted by molar-refractivity contribution is -0.110. The summed E-state index contributed by atoms with van der Waals surface area (Å²) in [6, 6.07) is 7.72. The van der Waals surface area contributed by atoms with Crippen LogP contribution in [0.4, 0.5) is 5.69 Å². The van der Waals surface area contributed by atoms with Gasteiger partial charge in [-0.05, 0) is 37.6 Å². The molecule has 0 fully saturated rings. The van der Waals surface area contributed by atoms with Gasteiger partial charge in [-0.2, -0.15) is 0 Å². The lowest BCUT2D eigenvalue weighted by Gasteiger charge is -2.04. The molecule has 1 aliphatic heterocycles. The average molecular weight is 392 g/mol. The van der Waals surface area contributed by atoms with E-state index in [0.29, 0.717) is 17.7 Å². The number of benzene rings is 1. The van der Waals surface area contributed by atoms with Crippen molar-refractivity contribution in [1.82, 2.24) is 14.9 Å². The van der Waals surface area contributed by atoms with Crippen molar-refractivity contribution in [2.75, 3.05) is 11.9 Å². The Balaban J connectivity index is 1.40. The minimum atomic E-state index is -0.112. The Morgan fingerprint density at radius 3 is 3.07 bits per heavy atom. The van der Waals surface area contributed by atoms with Crippen molar-refractivity contribution in [3.63, 3.8) is 0 Å². The molecule has 0 atom stereocenters. The highest BCUT2D eigenvalue weighted by molar-refractivity contribution is 7.11. The molecule has 3 heterocycles. The first-order valence-electron chi connectivity index (χ1n) is 9.07. The predicted octanol–water partition coefficient (Wildman–Crippen LogP) is 3.57. The zero-order valence-corrected chi connectivity index (χ0v) is 16.3. The molecule has 0 radical (unpaired) electrons. The number of imidazole rings is 1. The number of carbonyl (C=O) groups excluding carboxylic acids is 2. The van der Waals surface area contributed by atoms with E-state index in [-0.39, 0.29) is 11.8 Å². The van der Waals surface area contributed by atoms with Crippen LogP contribution in [0.3, 0.4) is 0 Å². The van der Waals surface area contributed by atoms with Crippen LogP contribution in [-0.2, 0) is 11.3 Å². The Kier molecular flexibility index (Phi) is 5.08. The summed E-state index contributed by atoms with van der Waals surface area (Å²) in [6.45, 7) is 3.41. The van der Waals surface area contributed by atoms with Crippen LogP contribution < -0.4 is 10.6 Å². The van der Waals surface area contributed by atoms with Crippen molar-refractivity contribution in [3.05, 3.63) is 69.9 Å². The van der Waals surface area contributed by atoms with Gasteiger partial charge in [0.15, 0.2) is 0 Å². The molecule has 2 aromatic heterocycles. The average Bonchev–Trinajstić information content (AvgIpc) is 3.41. The first-order chi connectivity index (χ1) is 13.6. The molecular formula is C21H20N4O2S. The summed E-state index contributed by atoms with van der Waals surface area (Å²) >= 11 is 1.45. The van der Waals surface area contributed by atoms with Crippen molar-refractivity contribution >= 4 is 40.5 Å². The standard InChI is InChI=1S/C21H20N4O2S/c1-14-3-4-19-17(9-14)18(21(27)24-19)11-16-10-15(12-28-16)20(26)23-5-2-7-25-8-6-22-13-25/h3-4,6,8-13H,2,5,7H2,1H3,(H,23,26)(H,24,27)/b18-11-. The van der Waals surface area contributed by atoms with E-state index in [1.807, 2.05) is 53.4 Å². The summed E-state index contributed by atoms with van der Waals surface area (Å²) in [5, 5.41) is 7.64. The Bertz CT molecular complexity index is 1050. The fourth-order valence-corrected chi connectivity index (χ4v) is 3.94. The fourth-order valence-electron chi connectivity index (χ4n) is 3.12. The minimum Gasteiger partial charge on any atom is -0.352 e. The number of hydrogen-bond acceptors (Lipinski definition) is 4. The maximum absolute atomic E-state index is 12.3. The molecule has 2 amide bonds. The van der Waals surface area contributed by atoms with E-state index in [4.69, 9.17) is 0 Å². The Hall–Kier alpha value is -3.19. The molecule has 0 saturated carbocycles. The van der Waals surface area contributed by atoms with E-state index in [1.54, 1.807) is 12.5 Å². The number of anilines is 1. The third-order valence-corrected chi connectivity index (χ3v) is 5.44. The number of nitrogens with zero attached hydrogens (tertiary/aromatic N) is 2. The third kappa shape index (κ3) is 3.89. The summed E-state index contributed by atoms with van der Waals surface area (Å²) in [5.41, 5.74) is 4.08. The van der Waals surface area contributed by atoms with Gasteiger partial charge in [-0.15, -0.1) is 11.3 Å². The monoisotopic (exact) mass is 392 g/mol. The maximum atomic E-state index is 12.3. The van der Waals surface area contributed by atoms with Gasteiger partial charge < -0.3 is 15.2 Å². The highest BCUT2D eigenvalue weighted by atomic mass is 32.1. The Labute approximate surface area is 166 Å². The minimum absolute atomic E-state index is 0.0985. The number of carbonyl (C=O) groups is 2. The van der Waals surface area contributed by atoms with Gasteiger partial charge in [0.2, 0.25) is 0 Å². The summed E-state index contributed by atoms with van der Waals surface area (Å²) in [4.78, 5) is 29.5. The molecule has 28 heavy (non-hydrogen) atoms. The molecule has 1 aromatic carbocycles. The molecule has 0 saturated heterocycles. The second-order valence-corrected chi connectivity index (χ2v) is 7.65. The Morgan fingerprint density at radius 2 is 2.25 bits per heavy atom. The van der Waals surface area contributed by atoms with E-state index in [0.717, 1.165) is 34.7 Å². The van der Waals surface area contributed by atoms with Crippen molar-refractivity contribution in [2.45, 2.75) is 19.9 Å². The van der Waals surface area contributed by atoms with E-state index in [9.17, 15) is 9.59 Å². The van der Waals surface area contributed by atoms with Crippen molar-refractivity contribution in [2.24, 2.45) is 0 Å². The lowest BCUT2D eigenvalue weighted by atomic mass is 10.0. The molecule has 6 nitrogen and oxygen atoms in total. The zero-order valence-electron chi connectivity index (χ0n) is 15.4. The smallest absolute Gasteiger partial charge is 0.256 e. The molecule has 4 rings (SSSR count). The van der Waals surface area contributed by atoms with Crippen LogP contribution in [0, 0.1) is 6.92 Å². The fraction of sp³-hybridized carbons (Fsp3) is 0.190. The van der Waals surface area contributed by atoms with E-state index < -0.39 is 0 Å². The van der Waals surface area contributed by atoms with E-state index >= 15 is 0 Å². The number of nitrogens with one attached hydrogen (secondary N) is 2. The molecule has 142 valence electrons. The molecule has 0 spiro atoms. The zero-order chi connectivity index (χ0) is 19.5. The van der Waals surface area contributed by atoms with Crippen LogP contribution in [0.2, 0.25) is 0 Å². The number of hydrogen-bond donors (Lipinski definition) is 2. The van der Waals surface area contributed by atoms with Crippen molar-refractivity contribution in [1.29, 1.82) is 0 Å². The van der Waals surface area contributed by atoms with Gasteiger partial charge in [-0.1, -0.05) is 11.6 Å². The number of fused-ring (bicyclic) bond motifs is 1. The molecule has 7 heteroatoms. The number of thiophene rings is 1. The largest absolute Gasteiger partial charge is 0.352 e. The summed E-state index contributed by atoms with van der Waals surface area (Å²) < 4.78 is 1.98. The Morgan fingerprint density at radius 1 is 1.36 bits per heavy atom. The number of amides is 2. The number of aryl methyl sites for hydroxylation is 2. The number of rotatable bonds is 6. The molecule has 0 bridgehead atoms. The molecule has 3 aromatic rings. The van der Waals surface area contributed by atoms with Gasteiger partial charge in [-0.3, -0.25) is 9.59 Å². The van der Waals surface area contributed by atoms with Crippen LogP contribution >= 0.6 is 11.3 Å². The van der Waals surface area contributed by atoms with Gasteiger partial charge in [0.1, 0.15) is 0 Å². The normalized spacial score (nSPS) is 14.2. The van der Waals surface area contributed by atoms with Crippen LogP contribution in [-0.4, -0.2) is 27.9 Å². The van der Waals surface area contributed by atoms with Crippen LogP contribution in [0.25, 0.3) is 11.6 Å². The topological polar surface area (TPSA) is 76.0 Å². The van der Waals surface area contributed by atoms with E-state index in [2.05, 4.69) is 15.6 Å². The van der Waals surface area contributed by atoms with Gasteiger partial charge in [0.25, 0.3) is 11.8 Å². The molecule has 0 unspecified atom stereocenters.